The molecule has 0 unspecified atom stereocenters. The molecule has 0 aromatic carbocycles. The zero-order valence-electron chi connectivity index (χ0n) is 7.21. The highest BCUT2D eigenvalue weighted by atomic mass is 16.2. The lowest BCUT2D eigenvalue weighted by atomic mass is 10.4. The van der Waals surface area contributed by atoms with E-state index in [0.717, 1.165) is 18.9 Å². The maximum atomic E-state index is 10.7. The van der Waals surface area contributed by atoms with Crippen LogP contribution in [0.15, 0.2) is 17.6 Å². The van der Waals surface area contributed by atoms with Crippen LogP contribution >= 0.6 is 0 Å². The third kappa shape index (κ3) is 2.08. The van der Waals surface area contributed by atoms with Crippen molar-refractivity contribution in [2.75, 3.05) is 13.1 Å². The van der Waals surface area contributed by atoms with E-state index < -0.39 is 0 Å². The molecule has 4 nitrogen and oxygen atoms in total. The van der Waals surface area contributed by atoms with Gasteiger partial charge in [-0.1, -0.05) is 6.08 Å². The normalized spacial score (nSPS) is 15.8. The lowest BCUT2D eigenvalue weighted by molar-refractivity contribution is -0.122. The van der Waals surface area contributed by atoms with E-state index in [2.05, 4.69) is 17.0 Å². The Bertz CT molecular complexity index is 222. The van der Waals surface area contributed by atoms with Gasteiger partial charge in [-0.2, -0.15) is 0 Å². The van der Waals surface area contributed by atoms with Gasteiger partial charge in [0, 0.05) is 13.3 Å². The molecule has 0 saturated carbocycles. The van der Waals surface area contributed by atoms with Crippen molar-refractivity contribution in [1.82, 2.24) is 10.4 Å². The molecule has 1 N–H and O–H groups in total. The lowest BCUT2D eigenvalue weighted by Crippen LogP contribution is -2.43. The van der Waals surface area contributed by atoms with E-state index in [1.165, 1.54) is 6.92 Å². The first kappa shape index (κ1) is 8.77. The van der Waals surface area contributed by atoms with Gasteiger partial charge < -0.3 is 0 Å². The van der Waals surface area contributed by atoms with Gasteiger partial charge in [-0.15, -0.1) is 6.58 Å². The van der Waals surface area contributed by atoms with Gasteiger partial charge in [0.25, 0.3) is 0 Å². The monoisotopic (exact) mass is 167 g/mol. The number of amidine groups is 1. The highest BCUT2D eigenvalue weighted by Crippen LogP contribution is 2.01. The van der Waals surface area contributed by atoms with E-state index in [1.807, 2.05) is 0 Å². The Morgan fingerprint density at radius 3 is 3.25 bits per heavy atom. The van der Waals surface area contributed by atoms with E-state index in [9.17, 15) is 4.79 Å². The summed E-state index contributed by atoms with van der Waals surface area (Å²) in [5.74, 6) is 0.828. The second kappa shape index (κ2) is 3.90. The number of hydrogen-bond acceptors (Lipinski definition) is 3. The fourth-order valence-electron chi connectivity index (χ4n) is 1.11. The van der Waals surface area contributed by atoms with Gasteiger partial charge in [-0.25, -0.2) is 0 Å². The Hall–Kier alpha value is -1.32. The largest absolute Gasteiger partial charge is 0.274 e. The number of carbonyl (C=O) groups is 1. The fourth-order valence-corrected chi connectivity index (χ4v) is 1.11. The van der Waals surface area contributed by atoms with Crippen molar-refractivity contribution in [2.45, 2.75) is 13.3 Å². The molecule has 1 rings (SSSR count). The molecule has 0 aliphatic carbocycles. The Labute approximate surface area is 71.9 Å². The van der Waals surface area contributed by atoms with Crippen LogP contribution in [0.2, 0.25) is 0 Å². The Morgan fingerprint density at radius 2 is 2.67 bits per heavy atom. The SMILES string of the molecule is C=CCC1=NCCN1NC(C)=O. The smallest absolute Gasteiger partial charge is 0.235 e. The molecule has 0 bridgehead atoms. The number of hydrogen-bond donors (Lipinski definition) is 1. The molecular formula is C8H13N3O. The first-order valence-electron chi connectivity index (χ1n) is 3.93. The molecule has 0 spiro atoms. The number of carbonyl (C=O) groups excluding carboxylic acids is 1. The first-order valence-corrected chi connectivity index (χ1v) is 3.93. The molecule has 66 valence electrons. The van der Waals surface area contributed by atoms with Crippen molar-refractivity contribution in [3.8, 4) is 0 Å². The van der Waals surface area contributed by atoms with Crippen LogP contribution in [0, 0.1) is 0 Å². The second-order valence-electron chi connectivity index (χ2n) is 2.61. The standard InChI is InChI=1S/C8H13N3O/c1-3-4-8-9-5-6-11(8)10-7(2)12/h3H,1,4-6H2,2H3,(H,10,12). The minimum Gasteiger partial charge on any atom is -0.274 e. The van der Waals surface area contributed by atoms with E-state index in [-0.39, 0.29) is 5.91 Å². The number of aliphatic imine (C=N–C) groups is 1. The van der Waals surface area contributed by atoms with E-state index in [0.29, 0.717) is 6.42 Å². The van der Waals surface area contributed by atoms with Crippen LogP contribution < -0.4 is 5.43 Å². The van der Waals surface area contributed by atoms with Crippen molar-refractivity contribution in [3.63, 3.8) is 0 Å². The van der Waals surface area contributed by atoms with E-state index in [1.54, 1.807) is 11.1 Å². The maximum absolute atomic E-state index is 10.7. The molecule has 1 amide bonds. The Morgan fingerprint density at radius 1 is 1.92 bits per heavy atom. The second-order valence-corrected chi connectivity index (χ2v) is 2.61. The van der Waals surface area contributed by atoms with Gasteiger partial charge in [0.1, 0.15) is 5.84 Å². The molecule has 0 saturated heterocycles. The van der Waals surface area contributed by atoms with Gasteiger partial charge >= 0.3 is 0 Å². The molecule has 1 aliphatic heterocycles. The van der Waals surface area contributed by atoms with Gasteiger partial charge in [0.15, 0.2) is 0 Å². The topological polar surface area (TPSA) is 44.7 Å². The third-order valence-corrected chi connectivity index (χ3v) is 1.55. The average Bonchev–Trinajstić information content (AvgIpc) is 2.37. The van der Waals surface area contributed by atoms with Crippen molar-refractivity contribution in [2.24, 2.45) is 4.99 Å². The summed E-state index contributed by atoms with van der Waals surface area (Å²) in [7, 11) is 0. The molecule has 0 fully saturated rings. The van der Waals surface area contributed by atoms with Crippen molar-refractivity contribution >= 4 is 11.7 Å². The fraction of sp³-hybridized carbons (Fsp3) is 0.500. The molecule has 0 aromatic heterocycles. The molecule has 0 radical (unpaired) electrons. The summed E-state index contributed by atoms with van der Waals surface area (Å²) in [6.07, 6.45) is 2.49. The molecule has 12 heavy (non-hydrogen) atoms. The van der Waals surface area contributed by atoms with E-state index >= 15 is 0 Å². The quantitative estimate of drug-likeness (QED) is 0.615. The third-order valence-electron chi connectivity index (χ3n) is 1.55. The summed E-state index contributed by atoms with van der Waals surface area (Å²) >= 11 is 0. The summed E-state index contributed by atoms with van der Waals surface area (Å²) in [4.78, 5) is 14.9. The molecule has 1 heterocycles. The Balaban J connectivity index is 2.49. The molecule has 4 heteroatoms. The molecule has 1 aliphatic rings. The number of nitrogens with one attached hydrogen (secondary N) is 1. The van der Waals surface area contributed by atoms with Gasteiger partial charge in [0.2, 0.25) is 5.91 Å². The number of nitrogens with zero attached hydrogens (tertiary/aromatic N) is 2. The van der Waals surface area contributed by atoms with Gasteiger partial charge in [-0.05, 0) is 0 Å². The molecule has 0 atom stereocenters. The highest BCUT2D eigenvalue weighted by Gasteiger charge is 2.15. The van der Waals surface area contributed by atoms with Crippen LogP contribution in [0.5, 0.6) is 0 Å². The van der Waals surface area contributed by atoms with Crippen LogP contribution in [-0.4, -0.2) is 29.8 Å². The number of amides is 1. The molecule has 0 aromatic rings. The summed E-state index contributed by atoms with van der Waals surface area (Å²) in [6, 6.07) is 0. The zero-order valence-corrected chi connectivity index (χ0v) is 7.21. The van der Waals surface area contributed by atoms with Gasteiger partial charge in [0.05, 0.1) is 13.1 Å². The zero-order chi connectivity index (χ0) is 8.97. The summed E-state index contributed by atoms with van der Waals surface area (Å²) < 4.78 is 0. The van der Waals surface area contributed by atoms with Crippen LogP contribution in [0.3, 0.4) is 0 Å². The maximum Gasteiger partial charge on any atom is 0.235 e. The van der Waals surface area contributed by atoms with Crippen LogP contribution in [0.4, 0.5) is 0 Å². The Kier molecular flexibility index (Phi) is 2.85. The van der Waals surface area contributed by atoms with E-state index in [4.69, 9.17) is 0 Å². The van der Waals surface area contributed by atoms with Crippen molar-refractivity contribution in [3.05, 3.63) is 12.7 Å². The van der Waals surface area contributed by atoms with Crippen LogP contribution in [-0.2, 0) is 4.79 Å². The molecular weight excluding hydrogens is 154 g/mol. The van der Waals surface area contributed by atoms with Crippen LogP contribution in [0.1, 0.15) is 13.3 Å². The van der Waals surface area contributed by atoms with Crippen molar-refractivity contribution in [1.29, 1.82) is 0 Å². The highest BCUT2D eigenvalue weighted by molar-refractivity contribution is 5.87. The number of rotatable bonds is 3. The minimum absolute atomic E-state index is 0.0614. The minimum atomic E-state index is -0.0614. The summed E-state index contributed by atoms with van der Waals surface area (Å²) in [6.45, 7) is 6.63. The van der Waals surface area contributed by atoms with Crippen molar-refractivity contribution < 1.29 is 4.79 Å². The first-order chi connectivity index (χ1) is 5.74. The summed E-state index contributed by atoms with van der Waals surface area (Å²) in [5.41, 5.74) is 2.69. The van der Waals surface area contributed by atoms with Crippen LogP contribution in [0.25, 0.3) is 0 Å². The number of hydrazine groups is 1. The lowest BCUT2D eigenvalue weighted by Gasteiger charge is -2.18. The summed E-state index contributed by atoms with van der Waals surface area (Å²) in [5, 5.41) is 1.77. The predicted octanol–water partition coefficient (Wildman–Crippen LogP) is 0.328. The predicted molar refractivity (Wildman–Crippen MR) is 47.6 cm³/mol. The van der Waals surface area contributed by atoms with Gasteiger partial charge in [-0.3, -0.25) is 20.2 Å². The average molecular weight is 167 g/mol.